The van der Waals surface area contributed by atoms with E-state index in [1.807, 2.05) is 6.92 Å². The van der Waals surface area contributed by atoms with Crippen LogP contribution in [0.25, 0.3) is 0 Å². The normalized spacial score (nSPS) is 15.0. The van der Waals surface area contributed by atoms with Crippen LogP contribution in [0.2, 0.25) is 0 Å². The molecule has 0 aliphatic carbocycles. The van der Waals surface area contributed by atoms with Crippen molar-refractivity contribution in [3.63, 3.8) is 0 Å². The van der Waals surface area contributed by atoms with Crippen molar-refractivity contribution in [2.45, 2.75) is 18.7 Å². The molecule has 0 saturated heterocycles. The lowest BCUT2D eigenvalue weighted by Crippen LogP contribution is -1.98. The highest BCUT2D eigenvalue weighted by Crippen LogP contribution is 2.33. The lowest BCUT2D eigenvalue weighted by atomic mass is 10.0. The molecule has 2 rings (SSSR count). The fraction of sp³-hybridized carbons (Fsp3) is 0.300. The second kappa shape index (κ2) is 2.63. The van der Waals surface area contributed by atoms with Crippen molar-refractivity contribution in [2.24, 2.45) is 0 Å². The third-order valence-corrected chi connectivity index (χ3v) is 3.12. The van der Waals surface area contributed by atoms with E-state index in [2.05, 4.69) is 19.1 Å². The summed E-state index contributed by atoms with van der Waals surface area (Å²) in [5.74, 6) is 0.909. The lowest BCUT2D eigenvalue weighted by Gasteiger charge is -2.02. The summed E-state index contributed by atoms with van der Waals surface area (Å²) in [6, 6.07) is 4.17. The van der Waals surface area contributed by atoms with Gasteiger partial charge < -0.3 is 0 Å². The van der Waals surface area contributed by atoms with Crippen molar-refractivity contribution in [2.75, 3.05) is 5.75 Å². The summed E-state index contributed by atoms with van der Waals surface area (Å²) >= 11 is 1.65. The van der Waals surface area contributed by atoms with Crippen LogP contribution in [0.5, 0.6) is 0 Å². The van der Waals surface area contributed by atoms with Crippen LogP contribution in [0.15, 0.2) is 17.0 Å². The number of thioether (sulfide) groups is 1. The summed E-state index contributed by atoms with van der Waals surface area (Å²) in [6.45, 7) is 4.08. The van der Waals surface area contributed by atoms with Gasteiger partial charge in [0.2, 0.25) is 0 Å². The molecule has 2 heteroatoms. The van der Waals surface area contributed by atoms with E-state index in [1.165, 1.54) is 5.56 Å². The Morgan fingerprint density at radius 1 is 1.33 bits per heavy atom. The van der Waals surface area contributed by atoms with Gasteiger partial charge in [0.05, 0.1) is 5.75 Å². The van der Waals surface area contributed by atoms with E-state index in [9.17, 15) is 4.79 Å². The Balaban J connectivity index is 2.68. The van der Waals surface area contributed by atoms with Gasteiger partial charge in [-0.25, -0.2) is 0 Å². The van der Waals surface area contributed by atoms with Crippen LogP contribution < -0.4 is 0 Å². The van der Waals surface area contributed by atoms with E-state index in [0.29, 0.717) is 5.75 Å². The van der Waals surface area contributed by atoms with Crippen LogP contribution in [-0.2, 0) is 0 Å². The summed E-state index contributed by atoms with van der Waals surface area (Å²) in [5, 5.41) is 0. The second-order valence-corrected chi connectivity index (χ2v) is 4.18. The molecule has 0 spiro atoms. The molecule has 0 radical (unpaired) electrons. The van der Waals surface area contributed by atoms with Crippen molar-refractivity contribution < 1.29 is 4.79 Å². The number of hydrogen-bond donors (Lipinski definition) is 0. The highest BCUT2D eigenvalue weighted by atomic mass is 32.2. The second-order valence-electron chi connectivity index (χ2n) is 3.17. The van der Waals surface area contributed by atoms with Gasteiger partial charge in [-0.1, -0.05) is 6.07 Å². The van der Waals surface area contributed by atoms with Gasteiger partial charge in [-0.2, -0.15) is 0 Å². The molecule has 1 nitrogen and oxygen atoms in total. The predicted octanol–water partition coefficient (Wildman–Crippen LogP) is 2.59. The molecular formula is C10H10OS. The number of Topliss-reactive ketones (excluding diaryl/α,β-unsaturated/α-hetero) is 1. The third-order valence-electron chi connectivity index (χ3n) is 2.08. The minimum Gasteiger partial charge on any atom is -0.293 e. The molecule has 1 aromatic carbocycles. The molecule has 1 aliphatic heterocycles. The van der Waals surface area contributed by atoms with Crippen LogP contribution in [0.1, 0.15) is 21.5 Å². The highest BCUT2D eigenvalue weighted by molar-refractivity contribution is 8.00. The first kappa shape index (κ1) is 7.87. The van der Waals surface area contributed by atoms with Crippen LogP contribution in [0.3, 0.4) is 0 Å². The first-order chi connectivity index (χ1) is 5.68. The van der Waals surface area contributed by atoms with Crippen LogP contribution in [0.4, 0.5) is 0 Å². The van der Waals surface area contributed by atoms with Crippen LogP contribution in [0, 0.1) is 13.8 Å². The van der Waals surface area contributed by atoms with E-state index in [4.69, 9.17) is 0 Å². The number of hydrogen-bond acceptors (Lipinski definition) is 2. The molecule has 1 aromatic rings. The quantitative estimate of drug-likeness (QED) is 0.607. The van der Waals surface area contributed by atoms with Crippen LogP contribution >= 0.6 is 11.8 Å². The summed E-state index contributed by atoms with van der Waals surface area (Å²) in [6.07, 6.45) is 0. The van der Waals surface area contributed by atoms with Gasteiger partial charge in [-0.05, 0) is 31.0 Å². The van der Waals surface area contributed by atoms with Crippen LogP contribution in [-0.4, -0.2) is 11.5 Å². The molecule has 0 bridgehead atoms. The topological polar surface area (TPSA) is 17.1 Å². The number of carbonyl (C=O) groups excluding carboxylic acids is 1. The average molecular weight is 178 g/mol. The zero-order chi connectivity index (χ0) is 8.72. The average Bonchev–Trinajstić information content (AvgIpc) is 2.31. The minimum absolute atomic E-state index is 0.285. The highest BCUT2D eigenvalue weighted by Gasteiger charge is 2.21. The van der Waals surface area contributed by atoms with E-state index >= 15 is 0 Å². The standard InChI is InChI=1S/C10H10OS/c1-6-3-7(2)10-8(11)5-12-9(10)4-6/h3-4H,5H2,1-2H3. The molecule has 0 fully saturated rings. The monoisotopic (exact) mass is 178 g/mol. The summed E-state index contributed by atoms with van der Waals surface area (Å²) < 4.78 is 0. The van der Waals surface area contributed by atoms with Crippen molar-refractivity contribution in [1.82, 2.24) is 0 Å². The Morgan fingerprint density at radius 3 is 2.83 bits per heavy atom. The molecule has 0 N–H and O–H groups in total. The Labute approximate surface area is 76.2 Å². The maximum Gasteiger partial charge on any atom is 0.174 e. The van der Waals surface area contributed by atoms with E-state index < -0.39 is 0 Å². The van der Waals surface area contributed by atoms with Gasteiger partial charge in [0.25, 0.3) is 0 Å². The van der Waals surface area contributed by atoms with Crippen molar-refractivity contribution >= 4 is 17.5 Å². The van der Waals surface area contributed by atoms with E-state index in [0.717, 1.165) is 16.0 Å². The van der Waals surface area contributed by atoms with Crippen molar-refractivity contribution in [3.05, 3.63) is 28.8 Å². The lowest BCUT2D eigenvalue weighted by molar-refractivity contribution is 0.102. The zero-order valence-electron chi connectivity index (χ0n) is 7.18. The number of benzene rings is 1. The Morgan fingerprint density at radius 2 is 2.08 bits per heavy atom. The maximum absolute atomic E-state index is 11.4. The molecule has 1 aliphatic rings. The molecule has 0 atom stereocenters. The first-order valence-corrected chi connectivity index (χ1v) is 4.94. The summed E-state index contributed by atoms with van der Waals surface area (Å²) in [5.41, 5.74) is 3.32. The molecular weight excluding hydrogens is 168 g/mol. The molecule has 0 unspecified atom stereocenters. The number of ketones is 1. The largest absolute Gasteiger partial charge is 0.293 e. The molecule has 0 amide bonds. The molecule has 12 heavy (non-hydrogen) atoms. The van der Waals surface area contributed by atoms with Gasteiger partial charge in [0.1, 0.15) is 0 Å². The van der Waals surface area contributed by atoms with E-state index in [-0.39, 0.29) is 5.78 Å². The predicted molar refractivity (Wildman–Crippen MR) is 51.0 cm³/mol. The van der Waals surface area contributed by atoms with Gasteiger partial charge in [0, 0.05) is 10.5 Å². The third kappa shape index (κ3) is 1.07. The van der Waals surface area contributed by atoms with Gasteiger partial charge in [-0.15, -0.1) is 11.8 Å². The number of carbonyl (C=O) groups is 1. The van der Waals surface area contributed by atoms with Crippen molar-refractivity contribution in [3.8, 4) is 0 Å². The Kier molecular flexibility index (Phi) is 1.72. The smallest absolute Gasteiger partial charge is 0.174 e. The number of fused-ring (bicyclic) bond motifs is 1. The van der Waals surface area contributed by atoms with Gasteiger partial charge in [0.15, 0.2) is 5.78 Å². The SMILES string of the molecule is Cc1cc(C)c2c(c1)SCC2=O. The number of aryl methyl sites for hydroxylation is 2. The Hall–Kier alpha value is -0.760. The fourth-order valence-corrected chi connectivity index (χ4v) is 2.73. The molecule has 0 saturated carbocycles. The molecule has 1 heterocycles. The molecule has 62 valence electrons. The number of rotatable bonds is 0. The first-order valence-electron chi connectivity index (χ1n) is 3.96. The zero-order valence-corrected chi connectivity index (χ0v) is 7.99. The van der Waals surface area contributed by atoms with Crippen molar-refractivity contribution in [1.29, 1.82) is 0 Å². The Bertz CT molecular complexity index is 355. The summed E-state index contributed by atoms with van der Waals surface area (Å²) in [4.78, 5) is 12.5. The van der Waals surface area contributed by atoms with E-state index in [1.54, 1.807) is 11.8 Å². The molecule has 0 aromatic heterocycles. The maximum atomic E-state index is 11.4. The summed E-state index contributed by atoms with van der Waals surface area (Å²) in [7, 11) is 0. The van der Waals surface area contributed by atoms with Gasteiger partial charge in [-0.3, -0.25) is 4.79 Å². The minimum atomic E-state index is 0.285. The fourth-order valence-electron chi connectivity index (χ4n) is 1.62. The van der Waals surface area contributed by atoms with Gasteiger partial charge >= 0.3 is 0 Å².